The van der Waals surface area contributed by atoms with Crippen molar-refractivity contribution in [3.8, 4) is 0 Å². The molecule has 0 aliphatic carbocycles. The van der Waals surface area contributed by atoms with Crippen LogP contribution in [-0.4, -0.2) is 48.1 Å². The highest BCUT2D eigenvalue weighted by Gasteiger charge is 2.22. The standard InChI is InChI=1S/C17H31N5S.HI/c1-5-22-10-6-7-14(22)11-20-16(18)19-9-8-13-12-23-15(21-13)17(2,3)4;/h12,14H,5-11H2,1-4H3,(H3,18,19,20);1H. The van der Waals surface area contributed by atoms with Crippen LogP contribution in [0.5, 0.6) is 0 Å². The lowest BCUT2D eigenvalue weighted by atomic mass is 9.98. The summed E-state index contributed by atoms with van der Waals surface area (Å²) >= 11 is 1.74. The van der Waals surface area contributed by atoms with Crippen molar-refractivity contribution < 1.29 is 0 Å². The van der Waals surface area contributed by atoms with Gasteiger partial charge in [0.2, 0.25) is 0 Å². The summed E-state index contributed by atoms with van der Waals surface area (Å²) in [6.45, 7) is 12.7. The van der Waals surface area contributed by atoms with Gasteiger partial charge in [-0.15, -0.1) is 35.3 Å². The Kier molecular flexibility index (Phi) is 8.94. The fourth-order valence-corrected chi connectivity index (χ4v) is 3.80. The molecule has 1 aliphatic heterocycles. The molecule has 7 heteroatoms. The third kappa shape index (κ3) is 6.48. The highest BCUT2D eigenvalue weighted by Crippen LogP contribution is 2.25. The number of nitrogens with zero attached hydrogens (tertiary/aromatic N) is 3. The van der Waals surface area contributed by atoms with E-state index in [1.807, 2.05) is 0 Å². The average molecular weight is 465 g/mol. The number of nitrogens with one attached hydrogen (secondary N) is 1. The normalized spacial score (nSPS) is 19.3. The molecular formula is C17H32IN5S. The molecule has 1 aromatic rings. The number of nitrogens with two attached hydrogens (primary N) is 1. The van der Waals surface area contributed by atoms with Gasteiger partial charge in [0.25, 0.3) is 0 Å². The Morgan fingerprint density at radius 2 is 2.25 bits per heavy atom. The van der Waals surface area contributed by atoms with E-state index in [1.165, 1.54) is 24.4 Å². The molecule has 138 valence electrons. The summed E-state index contributed by atoms with van der Waals surface area (Å²) in [5.74, 6) is 0.555. The van der Waals surface area contributed by atoms with E-state index in [4.69, 9.17) is 10.7 Å². The number of likely N-dealkylation sites (N-methyl/N-ethyl adjacent to an activating group) is 1. The number of thiazole rings is 1. The molecule has 0 aromatic carbocycles. The van der Waals surface area contributed by atoms with Crippen molar-refractivity contribution in [2.75, 3.05) is 26.2 Å². The second-order valence-electron chi connectivity index (χ2n) is 7.22. The predicted octanol–water partition coefficient (Wildman–Crippen LogP) is 2.99. The van der Waals surface area contributed by atoms with Gasteiger partial charge in [-0.3, -0.25) is 9.89 Å². The van der Waals surface area contributed by atoms with E-state index in [-0.39, 0.29) is 29.4 Å². The molecule has 1 aromatic heterocycles. The van der Waals surface area contributed by atoms with E-state index in [1.54, 1.807) is 11.3 Å². The largest absolute Gasteiger partial charge is 0.370 e. The molecule has 5 nitrogen and oxygen atoms in total. The number of aromatic nitrogens is 1. The Hall–Kier alpha value is -0.410. The molecule has 24 heavy (non-hydrogen) atoms. The van der Waals surface area contributed by atoms with Crippen LogP contribution >= 0.6 is 35.3 Å². The van der Waals surface area contributed by atoms with E-state index in [2.05, 4.69) is 48.3 Å². The second-order valence-corrected chi connectivity index (χ2v) is 8.08. The predicted molar refractivity (Wildman–Crippen MR) is 115 cm³/mol. The molecule has 1 atom stereocenters. The lowest BCUT2D eigenvalue weighted by Crippen LogP contribution is -2.36. The summed E-state index contributed by atoms with van der Waals surface area (Å²) in [5.41, 5.74) is 7.24. The number of hydrogen-bond donors (Lipinski definition) is 2. The first-order valence-electron chi connectivity index (χ1n) is 8.63. The summed E-state index contributed by atoms with van der Waals surface area (Å²) in [6.07, 6.45) is 3.40. The van der Waals surface area contributed by atoms with Gasteiger partial charge in [-0.1, -0.05) is 27.7 Å². The first-order valence-corrected chi connectivity index (χ1v) is 9.51. The maximum atomic E-state index is 5.98. The first-order chi connectivity index (χ1) is 10.9. The molecule has 3 N–H and O–H groups in total. The minimum atomic E-state index is 0. The number of aliphatic imine (C=N–C) groups is 1. The Labute approximate surface area is 167 Å². The Morgan fingerprint density at radius 1 is 1.50 bits per heavy atom. The van der Waals surface area contributed by atoms with Crippen molar-refractivity contribution in [3.63, 3.8) is 0 Å². The van der Waals surface area contributed by atoms with Gasteiger partial charge in [0, 0.05) is 29.8 Å². The Balaban J connectivity index is 0.00000288. The fraction of sp³-hybridized carbons (Fsp3) is 0.765. The van der Waals surface area contributed by atoms with Crippen molar-refractivity contribution in [2.45, 2.75) is 58.4 Å². The fourth-order valence-electron chi connectivity index (χ4n) is 2.86. The number of halogens is 1. The third-order valence-corrected chi connectivity index (χ3v) is 5.58. The monoisotopic (exact) mass is 465 g/mol. The highest BCUT2D eigenvalue weighted by atomic mass is 127. The van der Waals surface area contributed by atoms with Crippen molar-refractivity contribution in [3.05, 3.63) is 16.1 Å². The van der Waals surface area contributed by atoms with Crippen molar-refractivity contribution in [1.29, 1.82) is 0 Å². The third-order valence-electron chi connectivity index (χ3n) is 4.26. The highest BCUT2D eigenvalue weighted by molar-refractivity contribution is 14.0. The van der Waals surface area contributed by atoms with E-state index < -0.39 is 0 Å². The summed E-state index contributed by atoms with van der Waals surface area (Å²) in [7, 11) is 0. The molecule has 1 saturated heterocycles. The molecule has 1 fully saturated rings. The van der Waals surface area contributed by atoms with Gasteiger partial charge in [0.05, 0.1) is 17.2 Å². The smallest absolute Gasteiger partial charge is 0.188 e. The lowest BCUT2D eigenvalue weighted by molar-refractivity contribution is 0.273. The maximum absolute atomic E-state index is 5.98. The zero-order valence-electron chi connectivity index (χ0n) is 15.3. The van der Waals surface area contributed by atoms with Crippen LogP contribution in [0.4, 0.5) is 0 Å². The van der Waals surface area contributed by atoms with E-state index in [9.17, 15) is 0 Å². The summed E-state index contributed by atoms with van der Waals surface area (Å²) in [5, 5.41) is 6.55. The molecule has 2 rings (SSSR count). The van der Waals surface area contributed by atoms with Crippen LogP contribution in [0.25, 0.3) is 0 Å². The quantitative estimate of drug-likeness (QED) is 0.385. The van der Waals surface area contributed by atoms with Gasteiger partial charge in [-0.05, 0) is 25.9 Å². The van der Waals surface area contributed by atoms with Crippen LogP contribution in [0.3, 0.4) is 0 Å². The van der Waals surface area contributed by atoms with Crippen molar-refractivity contribution >= 4 is 41.3 Å². The summed E-state index contributed by atoms with van der Waals surface area (Å²) < 4.78 is 0. The first kappa shape index (κ1) is 21.6. The molecule has 0 spiro atoms. The van der Waals surface area contributed by atoms with Gasteiger partial charge in [0.15, 0.2) is 5.96 Å². The zero-order valence-corrected chi connectivity index (χ0v) is 18.5. The number of rotatable bonds is 6. The average Bonchev–Trinajstić information content (AvgIpc) is 3.13. The van der Waals surface area contributed by atoms with Gasteiger partial charge < -0.3 is 11.1 Å². The SMILES string of the molecule is CCN1CCCC1CN=C(N)NCCc1csc(C(C)(C)C)n1.I. The van der Waals surface area contributed by atoms with Crippen LogP contribution in [0.2, 0.25) is 0 Å². The topological polar surface area (TPSA) is 66.5 Å². The number of likely N-dealkylation sites (tertiary alicyclic amines) is 1. The van der Waals surface area contributed by atoms with Gasteiger partial charge in [-0.2, -0.15) is 0 Å². The van der Waals surface area contributed by atoms with Crippen LogP contribution in [0, 0.1) is 0 Å². The molecular weight excluding hydrogens is 433 g/mol. The minimum absolute atomic E-state index is 0. The minimum Gasteiger partial charge on any atom is -0.370 e. The number of guanidine groups is 1. The second kappa shape index (κ2) is 9.91. The van der Waals surface area contributed by atoms with E-state index >= 15 is 0 Å². The molecule has 2 heterocycles. The van der Waals surface area contributed by atoms with E-state index in [0.29, 0.717) is 12.0 Å². The molecule has 1 unspecified atom stereocenters. The van der Waals surface area contributed by atoms with Crippen LogP contribution < -0.4 is 11.1 Å². The van der Waals surface area contributed by atoms with Gasteiger partial charge in [-0.25, -0.2) is 4.98 Å². The van der Waals surface area contributed by atoms with Crippen molar-refractivity contribution in [2.24, 2.45) is 10.7 Å². The summed E-state index contributed by atoms with van der Waals surface area (Å²) in [6, 6.07) is 0.563. The Morgan fingerprint density at radius 3 is 2.88 bits per heavy atom. The van der Waals surface area contributed by atoms with E-state index in [0.717, 1.165) is 31.7 Å². The molecule has 0 saturated carbocycles. The summed E-state index contributed by atoms with van der Waals surface area (Å²) in [4.78, 5) is 11.7. The Bertz CT molecular complexity index is 523. The molecule has 0 bridgehead atoms. The molecule has 0 amide bonds. The van der Waals surface area contributed by atoms with Crippen molar-refractivity contribution in [1.82, 2.24) is 15.2 Å². The van der Waals surface area contributed by atoms with Gasteiger partial charge in [0.1, 0.15) is 0 Å². The molecule has 0 radical (unpaired) electrons. The van der Waals surface area contributed by atoms with Crippen LogP contribution in [0.1, 0.15) is 51.2 Å². The molecule has 1 aliphatic rings. The number of hydrogen-bond acceptors (Lipinski definition) is 4. The van der Waals surface area contributed by atoms with Gasteiger partial charge >= 0.3 is 0 Å². The lowest BCUT2D eigenvalue weighted by Gasteiger charge is -2.20. The zero-order chi connectivity index (χ0) is 16.9. The maximum Gasteiger partial charge on any atom is 0.188 e. The van der Waals surface area contributed by atoms with Crippen LogP contribution in [-0.2, 0) is 11.8 Å². The van der Waals surface area contributed by atoms with Crippen LogP contribution in [0.15, 0.2) is 10.4 Å².